The van der Waals surface area contributed by atoms with E-state index in [2.05, 4.69) is 5.32 Å². The summed E-state index contributed by atoms with van der Waals surface area (Å²) < 4.78 is 5.28. The Labute approximate surface area is 131 Å². The number of likely N-dealkylation sites (N-methyl/N-ethyl adjacent to an activating group) is 1. The van der Waals surface area contributed by atoms with E-state index in [9.17, 15) is 4.79 Å². The van der Waals surface area contributed by atoms with Crippen LogP contribution in [0.4, 0.5) is 11.4 Å². The average Bonchev–Trinajstić information content (AvgIpc) is 2.54. The van der Waals surface area contributed by atoms with Gasteiger partial charge in [-0.25, -0.2) is 0 Å². The van der Waals surface area contributed by atoms with Crippen molar-refractivity contribution in [3.05, 3.63) is 54.1 Å². The quantitative estimate of drug-likeness (QED) is 0.888. The molecular weight excluding hydrogens is 276 g/mol. The molecule has 0 aromatic heterocycles. The van der Waals surface area contributed by atoms with Gasteiger partial charge < -0.3 is 15.0 Å². The normalized spacial score (nSPS) is 10.1. The summed E-state index contributed by atoms with van der Waals surface area (Å²) in [6, 6.07) is 15.5. The number of benzene rings is 2. The predicted octanol–water partition coefficient (Wildman–Crippen LogP) is 3.47. The first-order valence-corrected chi connectivity index (χ1v) is 7.39. The van der Waals surface area contributed by atoms with Gasteiger partial charge in [-0.05, 0) is 43.7 Å². The van der Waals surface area contributed by atoms with Gasteiger partial charge in [-0.1, -0.05) is 24.3 Å². The van der Waals surface area contributed by atoms with Gasteiger partial charge in [0.05, 0.1) is 19.3 Å². The van der Waals surface area contributed by atoms with Crippen LogP contribution >= 0.6 is 0 Å². The van der Waals surface area contributed by atoms with Gasteiger partial charge in [0.25, 0.3) is 0 Å². The molecule has 4 nitrogen and oxygen atoms in total. The lowest BCUT2D eigenvalue weighted by molar-refractivity contribution is -0.116. The second-order valence-corrected chi connectivity index (χ2v) is 5.03. The maximum atomic E-state index is 12.5. The number of methoxy groups -OCH3 is 1. The molecule has 0 unspecified atom stereocenters. The number of nitrogens with zero attached hydrogens (tertiary/aromatic N) is 1. The van der Waals surface area contributed by atoms with Gasteiger partial charge in [0, 0.05) is 12.2 Å². The lowest BCUT2D eigenvalue weighted by Crippen LogP contribution is -2.35. The van der Waals surface area contributed by atoms with Gasteiger partial charge in [-0.15, -0.1) is 0 Å². The molecule has 1 N–H and O–H groups in total. The number of nitrogens with one attached hydrogen (secondary N) is 1. The Balaban J connectivity index is 2.07. The lowest BCUT2D eigenvalue weighted by atomic mass is 10.2. The van der Waals surface area contributed by atoms with E-state index in [1.807, 2.05) is 62.4 Å². The molecule has 0 bridgehead atoms. The van der Waals surface area contributed by atoms with Gasteiger partial charge in [-0.2, -0.15) is 0 Å². The van der Waals surface area contributed by atoms with Crippen molar-refractivity contribution >= 4 is 17.3 Å². The fourth-order valence-electron chi connectivity index (χ4n) is 2.36. The molecule has 0 saturated heterocycles. The van der Waals surface area contributed by atoms with Gasteiger partial charge >= 0.3 is 0 Å². The minimum Gasteiger partial charge on any atom is -0.495 e. The molecule has 0 heterocycles. The number of amides is 1. The maximum Gasteiger partial charge on any atom is 0.246 e. The standard InChI is InChI=1S/C18H22N2O2/c1-4-20(15-9-7-8-14(2)12-15)18(21)13-19-16-10-5-6-11-17(16)22-3/h5-12,19H,4,13H2,1-3H3. The Morgan fingerprint density at radius 3 is 2.64 bits per heavy atom. The third-order valence-electron chi connectivity index (χ3n) is 3.47. The average molecular weight is 298 g/mol. The van der Waals surface area contributed by atoms with Crippen molar-refractivity contribution in [2.45, 2.75) is 13.8 Å². The number of hydrogen-bond donors (Lipinski definition) is 1. The number of para-hydroxylation sites is 2. The summed E-state index contributed by atoms with van der Waals surface area (Å²) in [6.45, 7) is 4.86. The monoisotopic (exact) mass is 298 g/mol. The number of ether oxygens (including phenoxy) is 1. The Morgan fingerprint density at radius 2 is 1.95 bits per heavy atom. The first-order chi connectivity index (χ1) is 10.7. The number of carbonyl (C=O) groups excluding carboxylic acids is 1. The highest BCUT2D eigenvalue weighted by atomic mass is 16.5. The smallest absolute Gasteiger partial charge is 0.246 e. The van der Waals surface area contributed by atoms with Crippen molar-refractivity contribution in [2.75, 3.05) is 30.4 Å². The maximum absolute atomic E-state index is 12.5. The van der Waals surface area contributed by atoms with Crippen molar-refractivity contribution in [3.63, 3.8) is 0 Å². The van der Waals surface area contributed by atoms with Crippen molar-refractivity contribution < 1.29 is 9.53 Å². The van der Waals surface area contributed by atoms with Crippen LogP contribution in [-0.4, -0.2) is 26.1 Å². The van der Waals surface area contributed by atoms with Gasteiger partial charge in [0.15, 0.2) is 0 Å². The molecule has 0 radical (unpaired) electrons. The summed E-state index contributed by atoms with van der Waals surface area (Å²) in [6.07, 6.45) is 0. The highest BCUT2D eigenvalue weighted by Crippen LogP contribution is 2.23. The van der Waals surface area contributed by atoms with Gasteiger partial charge in [-0.3, -0.25) is 4.79 Å². The van der Waals surface area contributed by atoms with E-state index < -0.39 is 0 Å². The van der Waals surface area contributed by atoms with E-state index in [0.717, 1.165) is 22.7 Å². The molecule has 2 aromatic rings. The van der Waals surface area contributed by atoms with E-state index >= 15 is 0 Å². The molecule has 0 atom stereocenters. The number of rotatable bonds is 6. The Morgan fingerprint density at radius 1 is 1.18 bits per heavy atom. The van der Waals surface area contributed by atoms with Crippen LogP contribution < -0.4 is 15.0 Å². The Hall–Kier alpha value is -2.49. The highest BCUT2D eigenvalue weighted by Gasteiger charge is 2.14. The zero-order valence-electron chi connectivity index (χ0n) is 13.3. The third kappa shape index (κ3) is 3.79. The van der Waals surface area contributed by atoms with Crippen LogP contribution in [0.25, 0.3) is 0 Å². The van der Waals surface area contributed by atoms with Crippen molar-refractivity contribution in [3.8, 4) is 5.75 Å². The van der Waals surface area contributed by atoms with Crippen molar-refractivity contribution in [2.24, 2.45) is 0 Å². The summed E-state index contributed by atoms with van der Waals surface area (Å²) in [5.41, 5.74) is 2.88. The molecule has 0 aliphatic rings. The molecule has 0 saturated carbocycles. The molecule has 2 aromatic carbocycles. The topological polar surface area (TPSA) is 41.6 Å². The Kier molecular flexibility index (Phi) is 5.42. The molecule has 22 heavy (non-hydrogen) atoms. The zero-order chi connectivity index (χ0) is 15.9. The molecule has 0 fully saturated rings. The molecule has 1 amide bonds. The summed E-state index contributed by atoms with van der Waals surface area (Å²) >= 11 is 0. The van der Waals surface area contributed by atoms with Crippen LogP contribution in [0.1, 0.15) is 12.5 Å². The Bertz CT molecular complexity index is 640. The highest BCUT2D eigenvalue weighted by molar-refractivity contribution is 5.96. The summed E-state index contributed by atoms with van der Waals surface area (Å²) in [5.74, 6) is 0.757. The minimum absolute atomic E-state index is 0.0269. The SMILES string of the molecule is CCN(C(=O)CNc1ccccc1OC)c1cccc(C)c1. The molecule has 0 aliphatic heterocycles. The number of aryl methyl sites for hydroxylation is 1. The minimum atomic E-state index is 0.0269. The van der Waals surface area contributed by atoms with E-state index in [1.54, 1.807) is 12.0 Å². The van der Waals surface area contributed by atoms with E-state index in [-0.39, 0.29) is 12.5 Å². The van der Waals surface area contributed by atoms with E-state index in [1.165, 1.54) is 0 Å². The fourth-order valence-corrected chi connectivity index (χ4v) is 2.36. The predicted molar refractivity (Wildman–Crippen MR) is 90.7 cm³/mol. The summed E-state index contributed by atoms with van der Waals surface area (Å²) in [5, 5.41) is 3.15. The first kappa shape index (κ1) is 15.9. The first-order valence-electron chi connectivity index (χ1n) is 7.39. The largest absolute Gasteiger partial charge is 0.495 e. The second kappa shape index (κ2) is 7.50. The molecule has 116 valence electrons. The van der Waals surface area contributed by atoms with Crippen molar-refractivity contribution in [1.82, 2.24) is 0 Å². The zero-order valence-corrected chi connectivity index (χ0v) is 13.3. The summed E-state index contributed by atoms with van der Waals surface area (Å²) in [7, 11) is 1.62. The van der Waals surface area contributed by atoms with Crippen LogP contribution in [0, 0.1) is 6.92 Å². The van der Waals surface area contributed by atoms with Crippen molar-refractivity contribution in [1.29, 1.82) is 0 Å². The number of anilines is 2. The van der Waals surface area contributed by atoms with Gasteiger partial charge in [0.2, 0.25) is 5.91 Å². The van der Waals surface area contributed by atoms with Crippen LogP contribution in [-0.2, 0) is 4.79 Å². The van der Waals surface area contributed by atoms with E-state index in [0.29, 0.717) is 6.54 Å². The fraction of sp³-hybridized carbons (Fsp3) is 0.278. The second-order valence-electron chi connectivity index (χ2n) is 5.03. The van der Waals surface area contributed by atoms with Crippen LogP contribution in [0.2, 0.25) is 0 Å². The number of carbonyl (C=O) groups is 1. The lowest BCUT2D eigenvalue weighted by Gasteiger charge is -2.22. The molecule has 2 rings (SSSR count). The van der Waals surface area contributed by atoms with Crippen LogP contribution in [0.3, 0.4) is 0 Å². The number of hydrogen-bond acceptors (Lipinski definition) is 3. The van der Waals surface area contributed by atoms with Crippen LogP contribution in [0.15, 0.2) is 48.5 Å². The van der Waals surface area contributed by atoms with E-state index in [4.69, 9.17) is 4.74 Å². The van der Waals surface area contributed by atoms with Gasteiger partial charge in [0.1, 0.15) is 5.75 Å². The van der Waals surface area contributed by atoms with Crippen LogP contribution in [0.5, 0.6) is 5.75 Å². The molecule has 0 spiro atoms. The third-order valence-corrected chi connectivity index (χ3v) is 3.47. The molecular formula is C18H22N2O2. The molecule has 0 aliphatic carbocycles. The summed E-state index contributed by atoms with van der Waals surface area (Å²) in [4.78, 5) is 14.3. The molecule has 4 heteroatoms.